The van der Waals surface area contributed by atoms with Crippen LogP contribution in [0.5, 0.6) is 0 Å². The summed E-state index contributed by atoms with van der Waals surface area (Å²) in [5.74, 6) is -0.0869. The predicted molar refractivity (Wildman–Crippen MR) is 127 cm³/mol. The lowest BCUT2D eigenvalue weighted by molar-refractivity contribution is -0.143. The third kappa shape index (κ3) is 7.88. The van der Waals surface area contributed by atoms with Crippen LogP contribution in [0.3, 0.4) is 0 Å². The monoisotopic (exact) mass is 515 g/mol. The van der Waals surface area contributed by atoms with E-state index >= 15 is 0 Å². The lowest BCUT2D eigenvalue weighted by atomic mass is 9.92. The number of carbonyl (C=O) groups excluding carboxylic acids is 1. The van der Waals surface area contributed by atoms with Gasteiger partial charge in [-0.2, -0.15) is 26.3 Å². The number of hydrogen-bond acceptors (Lipinski definition) is 2. The van der Waals surface area contributed by atoms with Crippen molar-refractivity contribution in [1.29, 1.82) is 0 Å². The molecule has 1 aliphatic rings. The fourth-order valence-electron chi connectivity index (χ4n) is 4.42. The Morgan fingerprint density at radius 2 is 1.53 bits per heavy atom. The number of urea groups is 1. The molecule has 3 N–H and O–H groups in total. The molecular weight excluding hydrogens is 484 g/mol. The van der Waals surface area contributed by atoms with Gasteiger partial charge in [0.05, 0.1) is 11.1 Å². The summed E-state index contributed by atoms with van der Waals surface area (Å²) >= 11 is 0. The predicted octanol–water partition coefficient (Wildman–Crippen LogP) is 7.17. The third-order valence-electron chi connectivity index (χ3n) is 6.64. The van der Waals surface area contributed by atoms with Crippen LogP contribution in [0.2, 0.25) is 0 Å². The molecule has 1 unspecified atom stereocenters. The molecule has 10 heteroatoms. The molecule has 2 aromatic carbocycles. The second kappa shape index (κ2) is 11.5. The van der Waals surface area contributed by atoms with Crippen molar-refractivity contribution in [3.8, 4) is 0 Å². The minimum absolute atomic E-state index is 0.0240. The standard InChI is InChI=1S/C26H31F6N3O/c1-16-7-8-18(11-17(16)2)19(9-10-33-22-5-3-4-6-22)15-34-24(36)35-23-13-20(25(27,28)29)12-21(14-23)26(30,31)32/h7-8,11-14,19,22,33H,3-6,9-10,15H2,1-2H3,(H2,34,35,36). The van der Waals surface area contributed by atoms with E-state index in [1.807, 2.05) is 32.0 Å². The first-order chi connectivity index (χ1) is 16.8. The van der Waals surface area contributed by atoms with Crippen molar-refractivity contribution in [2.24, 2.45) is 0 Å². The second-order valence-electron chi connectivity index (χ2n) is 9.39. The van der Waals surface area contributed by atoms with Crippen LogP contribution in [0, 0.1) is 13.8 Å². The number of halogens is 6. The van der Waals surface area contributed by atoms with E-state index in [-0.39, 0.29) is 18.5 Å². The van der Waals surface area contributed by atoms with Crippen molar-refractivity contribution in [2.45, 2.75) is 70.3 Å². The van der Waals surface area contributed by atoms with Crippen LogP contribution in [-0.4, -0.2) is 25.2 Å². The van der Waals surface area contributed by atoms with Gasteiger partial charge < -0.3 is 16.0 Å². The highest BCUT2D eigenvalue weighted by atomic mass is 19.4. The first-order valence-corrected chi connectivity index (χ1v) is 12.0. The number of carbonyl (C=O) groups is 1. The molecule has 1 fully saturated rings. The van der Waals surface area contributed by atoms with Crippen LogP contribution in [0.25, 0.3) is 0 Å². The molecule has 1 aliphatic carbocycles. The highest BCUT2D eigenvalue weighted by Crippen LogP contribution is 2.37. The summed E-state index contributed by atoms with van der Waals surface area (Å²) in [6.07, 6.45) is -4.61. The minimum Gasteiger partial charge on any atom is -0.337 e. The van der Waals surface area contributed by atoms with Crippen LogP contribution in [-0.2, 0) is 12.4 Å². The molecule has 4 nitrogen and oxygen atoms in total. The molecule has 0 bridgehead atoms. The van der Waals surface area contributed by atoms with Gasteiger partial charge in [-0.3, -0.25) is 0 Å². The molecule has 0 heterocycles. The number of hydrogen-bond donors (Lipinski definition) is 3. The van der Waals surface area contributed by atoms with Gasteiger partial charge in [-0.1, -0.05) is 31.0 Å². The molecule has 0 aromatic heterocycles. The fraction of sp³-hybridized carbons (Fsp3) is 0.500. The van der Waals surface area contributed by atoms with Crippen LogP contribution in [0.1, 0.15) is 65.8 Å². The molecule has 1 atom stereocenters. The number of rotatable bonds is 8. The van der Waals surface area contributed by atoms with E-state index in [0.717, 1.165) is 36.1 Å². The van der Waals surface area contributed by atoms with Gasteiger partial charge in [0.1, 0.15) is 0 Å². The maximum atomic E-state index is 13.1. The van der Waals surface area contributed by atoms with Crippen molar-refractivity contribution in [2.75, 3.05) is 18.4 Å². The molecule has 1 saturated carbocycles. The zero-order valence-electron chi connectivity index (χ0n) is 20.2. The fourth-order valence-corrected chi connectivity index (χ4v) is 4.42. The highest BCUT2D eigenvalue weighted by molar-refractivity contribution is 5.89. The molecule has 0 radical (unpaired) electrons. The van der Waals surface area contributed by atoms with E-state index in [4.69, 9.17) is 0 Å². The summed E-state index contributed by atoms with van der Waals surface area (Å²) in [5.41, 5.74) is -0.339. The number of anilines is 1. The Balaban J connectivity index is 1.69. The summed E-state index contributed by atoms with van der Waals surface area (Å²) in [4.78, 5) is 12.5. The lowest BCUT2D eigenvalue weighted by Crippen LogP contribution is -2.34. The molecular formula is C26H31F6N3O. The topological polar surface area (TPSA) is 53.2 Å². The maximum Gasteiger partial charge on any atom is 0.416 e. The average Bonchev–Trinajstić information content (AvgIpc) is 3.30. The SMILES string of the molecule is Cc1ccc(C(CCNC2CCCC2)CNC(=O)Nc2cc(C(F)(F)F)cc(C(F)(F)F)c2)cc1C. The Morgan fingerprint density at radius 1 is 0.917 bits per heavy atom. The molecule has 2 aromatic rings. The molecule has 0 aliphatic heterocycles. The van der Waals surface area contributed by atoms with Crippen molar-refractivity contribution in [3.63, 3.8) is 0 Å². The largest absolute Gasteiger partial charge is 0.416 e. The molecule has 198 valence electrons. The highest BCUT2D eigenvalue weighted by Gasteiger charge is 2.37. The maximum absolute atomic E-state index is 13.1. The van der Waals surface area contributed by atoms with Gasteiger partial charge in [0, 0.05) is 24.2 Å². The number of alkyl halides is 6. The quantitative estimate of drug-likeness (QED) is 0.327. The van der Waals surface area contributed by atoms with Crippen LogP contribution < -0.4 is 16.0 Å². The van der Waals surface area contributed by atoms with Gasteiger partial charge in [0.15, 0.2) is 0 Å². The van der Waals surface area contributed by atoms with E-state index in [1.54, 1.807) is 0 Å². The molecule has 3 rings (SSSR count). The first-order valence-electron chi connectivity index (χ1n) is 12.0. The van der Waals surface area contributed by atoms with Gasteiger partial charge in [-0.25, -0.2) is 4.79 Å². The van der Waals surface area contributed by atoms with Crippen molar-refractivity contribution in [1.82, 2.24) is 10.6 Å². The second-order valence-corrected chi connectivity index (χ2v) is 9.39. The Bertz CT molecular complexity index is 1010. The summed E-state index contributed by atoms with van der Waals surface area (Å²) in [6.45, 7) is 4.88. The Morgan fingerprint density at radius 3 is 2.08 bits per heavy atom. The zero-order valence-corrected chi connectivity index (χ0v) is 20.2. The van der Waals surface area contributed by atoms with Crippen molar-refractivity contribution in [3.05, 3.63) is 64.2 Å². The molecule has 2 amide bonds. The van der Waals surface area contributed by atoms with Crippen LogP contribution in [0.4, 0.5) is 36.8 Å². The van der Waals surface area contributed by atoms with E-state index in [1.165, 1.54) is 12.8 Å². The van der Waals surface area contributed by atoms with Gasteiger partial charge in [-0.05, 0) is 74.5 Å². The van der Waals surface area contributed by atoms with Gasteiger partial charge in [-0.15, -0.1) is 0 Å². The minimum atomic E-state index is -4.99. The normalized spacial score (nSPS) is 15.7. The number of amides is 2. The average molecular weight is 516 g/mol. The lowest BCUT2D eigenvalue weighted by Gasteiger charge is -2.21. The van der Waals surface area contributed by atoms with E-state index in [2.05, 4.69) is 16.0 Å². The van der Waals surface area contributed by atoms with Crippen LogP contribution >= 0.6 is 0 Å². The third-order valence-corrected chi connectivity index (χ3v) is 6.64. The summed E-state index contributed by atoms with van der Waals surface area (Å²) < 4.78 is 78.6. The van der Waals surface area contributed by atoms with Crippen molar-refractivity contribution >= 4 is 11.7 Å². The van der Waals surface area contributed by atoms with Crippen LogP contribution in [0.15, 0.2) is 36.4 Å². The summed E-state index contributed by atoms with van der Waals surface area (Å²) in [7, 11) is 0. The summed E-state index contributed by atoms with van der Waals surface area (Å²) in [6, 6.07) is 6.61. The van der Waals surface area contributed by atoms with Gasteiger partial charge in [0.2, 0.25) is 0 Å². The zero-order chi connectivity index (χ0) is 26.5. The Kier molecular flexibility index (Phi) is 8.92. The summed E-state index contributed by atoms with van der Waals surface area (Å²) in [5, 5.41) is 8.28. The number of benzene rings is 2. The Hall–Kier alpha value is -2.75. The van der Waals surface area contributed by atoms with Gasteiger partial charge in [0.25, 0.3) is 0 Å². The van der Waals surface area contributed by atoms with E-state index in [0.29, 0.717) is 24.6 Å². The molecule has 0 spiro atoms. The smallest absolute Gasteiger partial charge is 0.337 e. The first kappa shape index (κ1) is 27.8. The molecule has 0 saturated heterocycles. The van der Waals surface area contributed by atoms with E-state index < -0.39 is 35.2 Å². The van der Waals surface area contributed by atoms with Crippen molar-refractivity contribution < 1.29 is 31.1 Å². The van der Waals surface area contributed by atoms with E-state index in [9.17, 15) is 31.1 Å². The van der Waals surface area contributed by atoms with Gasteiger partial charge >= 0.3 is 18.4 Å². The Labute approximate surface area is 206 Å². The molecule has 36 heavy (non-hydrogen) atoms. The number of aryl methyl sites for hydroxylation is 2. The number of nitrogens with one attached hydrogen (secondary N) is 3.